The molecule has 1 aromatic carbocycles. The SMILES string of the molecule is CCCC[C@@H](CC)C(=O)NC(=NCCc1c[nH]c2ccc(F)cc12)Nc1nc(C)cc(C)n1. The number of hydrogen-bond donors (Lipinski definition) is 3. The summed E-state index contributed by atoms with van der Waals surface area (Å²) in [5, 5.41) is 6.86. The second kappa shape index (κ2) is 11.5. The van der Waals surface area contributed by atoms with Crippen LogP contribution in [-0.2, 0) is 11.2 Å². The minimum atomic E-state index is -0.272. The number of guanidine groups is 1. The Kier molecular flexibility index (Phi) is 8.52. The molecule has 0 aliphatic carbocycles. The third-order valence-electron chi connectivity index (χ3n) is 5.60. The molecular weight excluding hydrogens is 419 g/mol. The highest BCUT2D eigenvalue weighted by atomic mass is 19.1. The maximum atomic E-state index is 13.7. The number of nitrogens with one attached hydrogen (secondary N) is 3. The number of aromatic amines is 1. The van der Waals surface area contributed by atoms with E-state index in [1.54, 1.807) is 6.07 Å². The second-order valence-electron chi connectivity index (χ2n) is 8.32. The highest BCUT2D eigenvalue weighted by molar-refractivity contribution is 6.04. The molecule has 3 aromatic rings. The molecule has 7 nitrogen and oxygen atoms in total. The van der Waals surface area contributed by atoms with Crippen LogP contribution < -0.4 is 10.6 Å². The van der Waals surface area contributed by atoms with Crippen molar-refractivity contribution in [1.29, 1.82) is 0 Å². The summed E-state index contributed by atoms with van der Waals surface area (Å²) in [7, 11) is 0. The molecule has 0 aliphatic rings. The lowest BCUT2D eigenvalue weighted by Gasteiger charge is -2.16. The van der Waals surface area contributed by atoms with Crippen LogP contribution in [0.15, 0.2) is 35.5 Å². The van der Waals surface area contributed by atoms with Crippen LogP contribution in [0, 0.1) is 25.6 Å². The minimum absolute atomic E-state index is 0.0595. The van der Waals surface area contributed by atoms with Gasteiger partial charge in [0.25, 0.3) is 0 Å². The van der Waals surface area contributed by atoms with Gasteiger partial charge in [0.15, 0.2) is 0 Å². The molecule has 0 saturated carbocycles. The van der Waals surface area contributed by atoms with Crippen molar-refractivity contribution in [2.45, 2.75) is 59.8 Å². The van der Waals surface area contributed by atoms with E-state index in [0.29, 0.717) is 24.9 Å². The molecule has 0 unspecified atom stereocenters. The zero-order valence-electron chi connectivity index (χ0n) is 19.8. The van der Waals surface area contributed by atoms with Gasteiger partial charge < -0.3 is 4.98 Å². The van der Waals surface area contributed by atoms with E-state index in [1.165, 1.54) is 12.1 Å². The lowest BCUT2D eigenvalue weighted by atomic mass is 9.98. The molecule has 0 aliphatic heterocycles. The van der Waals surface area contributed by atoms with Gasteiger partial charge in [0.1, 0.15) is 5.82 Å². The van der Waals surface area contributed by atoms with Crippen LogP contribution in [0.2, 0.25) is 0 Å². The highest BCUT2D eigenvalue weighted by Gasteiger charge is 2.18. The van der Waals surface area contributed by atoms with Crippen molar-refractivity contribution in [3.05, 3.63) is 53.2 Å². The number of aromatic nitrogens is 3. The lowest BCUT2D eigenvalue weighted by Crippen LogP contribution is -2.40. The van der Waals surface area contributed by atoms with E-state index >= 15 is 0 Å². The number of fused-ring (bicyclic) bond motifs is 1. The molecule has 2 aromatic heterocycles. The summed E-state index contributed by atoms with van der Waals surface area (Å²) in [4.78, 5) is 29.5. The number of H-pyrrole nitrogens is 1. The number of anilines is 1. The molecule has 3 N–H and O–H groups in total. The molecule has 1 amide bonds. The number of carbonyl (C=O) groups is 1. The fourth-order valence-corrected chi connectivity index (χ4v) is 3.83. The lowest BCUT2D eigenvalue weighted by molar-refractivity contribution is -0.123. The van der Waals surface area contributed by atoms with Crippen molar-refractivity contribution < 1.29 is 9.18 Å². The van der Waals surface area contributed by atoms with Crippen LogP contribution >= 0.6 is 0 Å². The fourth-order valence-electron chi connectivity index (χ4n) is 3.83. The van der Waals surface area contributed by atoms with E-state index in [2.05, 4.69) is 37.5 Å². The topological polar surface area (TPSA) is 95.1 Å². The van der Waals surface area contributed by atoms with Gasteiger partial charge in [0.2, 0.25) is 17.8 Å². The summed E-state index contributed by atoms with van der Waals surface area (Å²) >= 11 is 0. The predicted molar refractivity (Wildman–Crippen MR) is 131 cm³/mol. The molecule has 2 heterocycles. The summed E-state index contributed by atoms with van der Waals surface area (Å²) in [5.41, 5.74) is 3.50. The Labute approximate surface area is 194 Å². The van der Waals surface area contributed by atoms with Gasteiger partial charge in [-0.15, -0.1) is 0 Å². The Bertz CT molecular complexity index is 1100. The van der Waals surface area contributed by atoms with Crippen molar-refractivity contribution in [1.82, 2.24) is 20.3 Å². The third-order valence-corrected chi connectivity index (χ3v) is 5.60. The van der Waals surface area contributed by atoms with Crippen molar-refractivity contribution in [2.75, 3.05) is 11.9 Å². The number of amides is 1. The van der Waals surface area contributed by atoms with E-state index in [1.807, 2.05) is 33.0 Å². The monoisotopic (exact) mass is 452 g/mol. The Morgan fingerprint density at radius 3 is 2.64 bits per heavy atom. The predicted octanol–water partition coefficient (Wildman–Crippen LogP) is 5.06. The molecule has 1 atom stereocenters. The van der Waals surface area contributed by atoms with Crippen molar-refractivity contribution >= 4 is 28.7 Å². The maximum absolute atomic E-state index is 13.7. The summed E-state index contributed by atoms with van der Waals surface area (Å²) in [6.07, 6.45) is 6.11. The number of halogens is 1. The molecule has 0 radical (unpaired) electrons. The Hall–Kier alpha value is -3.29. The number of benzene rings is 1. The number of nitrogens with zero attached hydrogens (tertiary/aromatic N) is 3. The molecule has 176 valence electrons. The van der Waals surface area contributed by atoms with E-state index < -0.39 is 0 Å². The van der Waals surface area contributed by atoms with Crippen molar-refractivity contribution in [2.24, 2.45) is 10.9 Å². The molecule has 3 rings (SSSR count). The van der Waals surface area contributed by atoms with Crippen molar-refractivity contribution in [3.8, 4) is 0 Å². The Morgan fingerprint density at radius 2 is 1.94 bits per heavy atom. The molecule has 8 heteroatoms. The van der Waals surface area contributed by atoms with Crippen LogP contribution in [0.5, 0.6) is 0 Å². The Balaban J connectivity index is 1.77. The van der Waals surface area contributed by atoms with Crippen LogP contribution in [0.4, 0.5) is 10.3 Å². The van der Waals surface area contributed by atoms with E-state index in [4.69, 9.17) is 0 Å². The average Bonchev–Trinajstić information content (AvgIpc) is 3.15. The summed E-state index contributed by atoms with van der Waals surface area (Å²) < 4.78 is 13.7. The first-order chi connectivity index (χ1) is 15.9. The van der Waals surface area contributed by atoms with Gasteiger partial charge in [-0.05, 0) is 62.9 Å². The zero-order chi connectivity index (χ0) is 23.8. The van der Waals surface area contributed by atoms with Gasteiger partial charge in [-0.3, -0.25) is 20.4 Å². The number of unbranched alkanes of at least 4 members (excludes halogenated alkanes) is 1. The average molecular weight is 453 g/mol. The van der Waals surface area contributed by atoms with Gasteiger partial charge in [-0.1, -0.05) is 26.7 Å². The summed E-state index contributed by atoms with van der Waals surface area (Å²) in [6.45, 7) is 8.33. The standard InChI is InChI=1S/C25H33FN6O/c1-5-7-8-18(6-2)23(33)31-24(32-25-29-16(3)13-17(4)30-25)27-12-11-19-15-28-22-10-9-20(26)14-21(19)22/h9-10,13-15,18,28H,5-8,11-12H2,1-4H3,(H2,27,29,30,31,32,33)/t18-/m1/s1. The first-order valence-electron chi connectivity index (χ1n) is 11.6. The van der Waals surface area contributed by atoms with E-state index in [0.717, 1.165) is 53.5 Å². The first kappa shape index (κ1) is 24.4. The fraction of sp³-hybridized carbons (Fsp3) is 0.440. The van der Waals surface area contributed by atoms with Gasteiger partial charge in [0, 0.05) is 41.0 Å². The maximum Gasteiger partial charge on any atom is 0.229 e. The van der Waals surface area contributed by atoms with Gasteiger partial charge in [-0.25, -0.2) is 14.4 Å². The highest BCUT2D eigenvalue weighted by Crippen LogP contribution is 2.20. The summed E-state index contributed by atoms with van der Waals surface area (Å²) in [6, 6.07) is 6.57. The number of aliphatic imine (C=N–C) groups is 1. The third kappa shape index (κ3) is 6.84. The Morgan fingerprint density at radius 1 is 1.18 bits per heavy atom. The minimum Gasteiger partial charge on any atom is -0.361 e. The molecule has 0 bridgehead atoms. The van der Waals surface area contributed by atoms with Crippen LogP contribution in [0.1, 0.15) is 56.5 Å². The van der Waals surface area contributed by atoms with E-state index in [9.17, 15) is 9.18 Å². The van der Waals surface area contributed by atoms with Gasteiger partial charge in [0.05, 0.1) is 0 Å². The first-order valence-corrected chi connectivity index (χ1v) is 11.6. The number of aryl methyl sites for hydroxylation is 2. The molecule has 33 heavy (non-hydrogen) atoms. The smallest absolute Gasteiger partial charge is 0.229 e. The van der Waals surface area contributed by atoms with Crippen molar-refractivity contribution in [3.63, 3.8) is 0 Å². The zero-order valence-corrected chi connectivity index (χ0v) is 19.8. The number of carbonyl (C=O) groups excluding carboxylic acids is 1. The van der Waals surface area contributed by atoms with Gasteiger partial charge >= 0.3 is 0 Å². The van der Waals surface area contributed by atoms with Crippen LogP contribution in [0.3, 0.4) is 0 Å². The molecule has 0 fully saturated rings. The van der Waals surface area contributed by atoms with Crippen LogP contribution in [0.25, 0.3) is 10.9 Å². The summed E-state index contributed by atoms with van der Waals surface area (Å²) in [5.74, 6) is 0.309. The molecular formula is C25H33FN6O. The van der Waals surface area contributed by atoms with Crippen LogP contribution in [-0.4, -0.2) is 33.4 Å². The molecule has 0 spiro atoms. The number of hydrogen-bond acceptors (Lipinski definition) is 4. The van der Waals surface area contributed by atoms with Gasteiger partial charge in [-0.2, -0.15) is 0 Å². The number of rotatable bonds is 9. The second-order valence-corrected chi connectivity index (χ2v) is 8.32. The quantitative estimate of drug-likeness (QED) is 0.312. The van der Waals surface area contributed by atoms with E-state index in [-0.39, 0.29) is 17.6 Å². The molecule has 0 saturated heterocycles. The largest absolute Gasteiger partial charge is 0.361 e. The normalized spacial score (nSPS) is 12.7.